The molecular weight excluding hydrogens is 556 g/mol. The molecule has 0 spiro atoms. The first-order valence-corrected chi connectivity index (χ1v) is 14.6. The quantitative estimate of drug-likeness (QED) is 0.286. The van der Waals surface area contributed by atoms with Crippen molar-refractivity contribution in [3.63, 3.8) is 0 Å². The van der Waals surface area contributed by atoms with Crippen LogP contribution in [-0.2, 0) is 42.9 Å². The summed E-state index contributed by atoms with van der Waals surface area (Å²) in [6, 6.07) is 6.92. The zero-order chi connectivity index (χ0) is 33.1. The van der Waals surface area contributed by atoms with Crippen molar-refractivity contribution in [2.24, 2.45) is 21.7 Å². The van der Waals surface area contributed by atoms with Crippen LogP contribution in [0.4, 0.5) is 0 Å². The summed E-state index contributed by atoms with van der Waals surface area (Å²) in [6.07, 6.45) is -5.87. The third kappa shape index (κ3) is 9.68. The van der Waals surface area contributed by atoms with E-state index < -0.39 is 76.1 Å². The van der Waals surface area contributed by atoms with Gasteiger partial charge < -0.3 is 28.4 Å². The second-order valence-electron chi connectivity index (χ2n) is 15.1. The largest absolute Gasteiger partial charge is 0.497 e. The van der Waals surface area contributed by atoms with E-state index in [2.05, 4.69) is 0 Å². The zero-order valence-corrected chi connectivity index (χ0v) is 28.0. The Labute approximate surface area is 256 Å². The number of methoxy groups -OCH3 is 1. The van der Waals surface area contributed by atoms with Crippen molar-refractivity contribution in [1.82, 2.24) is 0 Å². The van der Waals surface area contributed by atoms with Gasteiger partial charge in [-0.1, -0.05) is 12.1 Å². The third-order valence-electron chi connectivity index (χ3n) is 6.64. The average molecular weight is 607 g/mol. The average Bonchev–Trinajstić information content (AvgIpc) is 2.87. The highest BCUT2D eigenvalue weighted by Gasteiger charge is 2.54. The van der Waals surface area contributed by atoms with Crippen LogP contribution in [0.3, 0.4) is 0 Å². The Bertz CT molecular complexity index is 1140. The van der Waals surface area contributed by atoms with Gasteiger partial charge in [-0.2, -0.15) is 0 Å². The molecule has 1 aliphatic heterocycles. The molecule has 1 heterocycles. The molecule has 0 N–H and O–H groups in total. The third-order valence-corrected chi connectivity index (χ3v) is 6.64. The Balaban J connectivity index is 2.76. The molecule has 43 heavy (non-hydrogen) atoms. The molecule has 0 amide bonds. The van der Waals surface area contributed by atoms with E-state index in [0.717, 1.165) is 0 Å². The summed E-state index contributed by atoms with van der Waals surface area (Å²) in [6.45, 7) is 20.0. The summed E-state index contributed by atoms with van der Waals surface area (Å²) in [5.74, 6) is -1.69. The van der Waals surface area contributed by atoms with Gasteiger partial charge in [0.05, 0.1) is 28.8 Å². The second-order valence-corrected chi connectivity index (χ2v) is 15.1. The van der Waals surface area contributed by atoms with Crippen LogP contribution in [0.1, 0.15) is 94.8 Å². The summed E-state index contributed by atoms with van der Waals surface area (Å²) in [5, 5.41) is 0. The number of esters is 4. The Morgan fingerprint density at radius 3 is 1.40 bits per heavy atom. The maximum Gasteiger partial charge on any atom is 0.311 e. The van der Waals surface area contributed by atoms with E-state index in [-0.39, 0.29) is 6.61 Å². The molecule has 0 unspecified atom stereocenters. The predicted octanol–water partition coefficient (Wildman–Crippen LogP) is 5.60. The van der Waals surface area contributed by atoms with Crippen molar-refractivity contribution >= 4 is 23.9 Å². The van der Waals surface area contributed by atoms with E-state index in [1.165, 1.54) is 7.11 Å². The summed E-state index contributed by atoms with van der Waals surface area (Å²) in [7, 11) is 1.54. The first-order valence-electron chi connectivity index (χ1n) is 14.6. The van der Waals surface area contributed by atoms with Crippen LogP contribution >= 0.6 is 0 Å². The number of hydrogen-bond acceptors (Lipinski definition) is 10. The molecule has 0 aromatic heterocycles. The van der Waals surface area contributed by atoms with Gasteiger partial charge in [-0.3, -0.25) is 19.2 Å². The molecule has 1 aromatic carbocycles. The summed E-state index contributed by atoms with van der Waals surface area (Å²) < 4.78 is 35.5. The fourth-order valence-corrected chi connectivity index (χ4v) is 3.79. The molecule has 10 heteroatoms. The van der Waals surface area contributed by atoms with E-state index in [1.807, 2.05) is 0 Å². The van der Waals surface area contributed by atoms with Gasteiger partial charge in [0.2, 0.25) is 0 Å². The molecular formula is C33H50O10. The molecule has 10 nitrogen and oxygen atoms in total. The fraction of sp³-hybridized carbons (Fsp3) is 0.697. The van der Waals surface area contributed by atoms with E-state index in [9.17, 15) is 19.2 Å². The van der Waals surface area contributed by atoms with Gasteiger partial charge in [0.15, 0.2) is 18.3 Å². The maximum absolute atomic E-state index is 13.4. The van der Waals surface area contributed by atoms with E-state index in [4.69, 9.17) is 28.4 Å². The molecule has 1 saturated heterocycles. The van der Waals surface area contributed by atoms with Crippen molar-refractivity contribution in [1.29, 1.82) is 0 Å². The molecule has 2 rings (SSSR count). The minimum absolute atomic E-state index is 0.311. The van der Waals surface area contributed by atoms with Crippen LogP contribution in [0.15, 0.2) is 24.3 Å². The minimum atomic E-state index is -1.30. The van der Waals surface area contributed by atoms with Crippen molar-refractivity contribution < 1.29 is 47.6 Å². The number of hydrogen-bond donors (Lipinski definition) is 0. The molecule has 5 atom stereocenters. The monoisotopic (exact) mass is 606 g/mol. The lowest BCUT2D eigenvalue weighted by molar-refractivity contribution is -0.262. The lowest BCUT2D eigenvalue weighted by Gasteiger charge is -2.46. The zero-order valence-electron chi connectivity index (χ0n) is 28.0. The van der Waals surface area contributed by atoms with Gasteiger partial charge in [-0.25, -0.2) is 0 Å². The number of benzene rings is 1. The Hall–Kier alpha value is -3.14. The predicted molar refractivity (Wildman–Crippen MR) is 159 cm³/mol. The molecule has 0 aliphatic carbocycles. The molecule has 1 fully saturated rings. The normalized spacial score (nSPS) is 23.1. The van der Waals surface area contributed by atoms with Gasteiger partial charge in [0.1, 0.15) is 24.6 Å². The van der Waals surface area contributed by atoms with Crippen LogP contribution < -0.4 is 4.74 Å². The van der Waals surface area contributed by atoms with Gasteiger partial charge in [0, 0.05) is 0 Å². The van der Waals surface area contributed by atoms with Crippen LogP contribution in [-0.4, -0.2) is 62.0 Å². The highest BCUT2D eigenvalue weighted by Crippen LogP contribution is 2.40. The lowest BCUT2D eigenvalue weighted by atomic mass is 9.88. The fourth-order valence-electron chi connectivity index (χ4n) is 3.79. The Morgan fingerprint density at radius 1 is 0.605 bits per heavy atom. The van der Waals surface area contributed by atoms with Crippen LogP contribution in [0.5, 0.6) is 5.75 Å². The van der Waals surface area contributed by atoms with E-state index in [0.29, 0.717) is 11.3 Å². The van der Waals surface area contributed by atoms with Crippen LogP contribution in [0, 0.1) is 21.7 Å². The lowest BCUT2D eigenvalue weighted by Crippen LogP contribution is -2.61. The number of carbonyl (C=O) groups excluding carboxylic acids is 4. The number of ether oxygens (including phenoxy) is 6. The summed E-state index contributed by atoms with van der Waals surface area (Å²) in [5.41, 5.74) is -3.03. The van der Waals surface area contributed by atoms with Gasteiger partial charge >= 0.3 is 23.9 Å². The first kappa shape index (κ1) is 36.1. The molecule has 242 valence electrons. The second kappa shape index (κ2) is 13.2. The number of carbonyl (C=O) groups is 4. The van der Waals surface area contributed by atoms with Gasteiger partial charge in [0.25, 0.3) is 0 Å². The molecule has 0 saturated carbocycles. The summed E-state index contributed by atoms with van der Waals surface area (Å²) in [4.78, 5) is 52.7. The molecule has 0 bridgehead atoms. The minimum Gasteiger partial charge on any atom is -0.497 e. The smallest absolute Gasteiger partial charge is 0.311 e. The summed E-state index contributed by atoms with van der Waals surface area (Å²) >= 11 is 0. The Morgan fingerprint density at radius 2 is 1.00 bits per heavy atom. The van der Waals surface area contributed by atoms with E-state index in [1.54, 1.807) is 107 Å². The SMILES string of the molecule is COc1ccc([C@@H]2O[C@H](COC(=O)C(C)(C)C)[C@@H](OC(=O)C(C)(C)C)[C@H](OC(=O)C(C)(C)C)[C@H]2OC(=O)C(C)(C)C)cc1. The standard InChI is InChI=1S/C33H50O10/c1-30(2,3)26(34)39-18-21-23(41-27(35)31(4,5)6)25(43-29(37)33(10,11)12)24(42-28(36)32(7,8)9)22(40-21)19-14-16-20(38-13)17-15-19/h14-17,21-25H,18H2,1-13H3/t21-,22+,23-,24+,25+/m1/s1. The first-order chi connectivity index (χ1) is 19.5. The highest BCUT2D eigenvalue weighted by atomic mass is 16.7. The van der Waals surface area contributed by atoms with Crippen LogP contribution in [0.2, 0.25) is 0 Å². The van der Waals surface area contributed by atoms with Crippen molar-refractivity contribution in [3.8, 4) is 5.75 Å². The van der Waals surface area contributed by atoms with Gasteiger partial charge in [-0.15, -0.1) is 0 Å². The van der Waals surface area contributed by atoms with E-state index >= 15 is 0 Å². The van der Waals surface area contributed by atoms with Crippen LogP contribution in [0.25, 0.3) is 0 Å². The number of rotatable bonds is 7. The maximum atomic E-state index is 13.4. The van der Waals surface area contributed by atoms with Crippen molar-refractivity contribution in [2.75, 3.05) is 13.7 Å². The molecule has 0 radical (unpaired) electrons. The van der Waals surface area contributed by atoms with Crippen molar-refractivity contribution in [2.45, 2.75) is 114 Å². The molecule has 1 aliphatic rings. The topological polar surface area (TPSA) is 124 Å². The van der Waals surface area contributed by atoms with Gasteiger partial charge in [-0.05, 0) is 101 Å². The molecule has 1 aromatic rings. The van der Waals surface area contributed by atoms with Crippen molar-refractivity contribution in [3.05, 3.63) is 29.8 Å². The highest BCUT2D eigenvalue weighted by molar-refractivity contribution is 5.78. The Kier molecular flexibility index (Phi) is 11.1.